The normalized spacial score (nSPS) is 13.0. The minimum Gasteiger partial charge on any atom is -0.508 e. The van der Waals surface area contributed by atoms with Crippen LogP contribution in [0.4, 0.5) is 0 Å². The van der Waals surface area contributed by atoms with Crippen LogP contribution in [0.5, 0.6) is 11.5 Å². The summed E-state index contributed by atoms with van der Waals surface area (Å²) < 4.78 is 0. The Kier molecular flexibility index (Phi) is 11.0. The quantitative estimate of drug-likeness (QED) is 0.152. The first kappa shape index (κ1) is 29.6. The van der Waals surface area contributed by atoms with Crippen LogP contribution in [0.1, 0.15) is 24.0 Å². The van der Waals surface area contributed by atoms with E-state index in [1.54, 1.807) is 12.1 Å². The Morgan fingerprint density at radius 1 is 0.684 bits per heavy atom. The summed E-state index contributed by atoms with van der Waals surface area (Å²) in [6.45, 7) is -0.702. The van der Waals surface area contributed by atoms with Crippen molar-refractivity contribution in [3.63, 3.8) is 0 Å². The summed E-state index contributed by atoms with van der Waals surface area (Å²) >= 11 is 0. The van der Waals surface area contributed by atoms with Gasteiger partial charge in [-0.3, -0.25) is 24.0 Å². The van der Waals surface area contributed by atoms with Crippen LogP contribution in [-0.4, -0.2) is 74.8 Å². The molecule has 38 heavy (non-hydrogen) atoms. The van der Waals surface area contributed by atoms with Crippen LogP contribution in [0.25, 0.3) is 0 Å². The van der Waals surface area contributed by atoms with Crippen molar-refractivity contribution in [1.29, 1.82) is 0 Å². The lowest BCUT2D eigenvalue weighted by molar-refractivity contribution is -0.138. The zero-order chi connectivity index (χ0) is 28.2. The minimum absolute atomic E-state index is 0.0234. The van der Waals surface area contributed by atoms with Crippen molar-refractivity contribution >= 4 is 29.7 Å². The number of nitrogens with one attached hydrogen (secondary N) is 3. The number of amides is 3. The number of carboxylic acid groups (broad SMARTS) is 2. The van der Waals surface area contributed by atoms with Crippen LogP contribution < -0.4 is 21.7 Å². The monoisotopic (exact) mass is 530 g/mol. The maximum absolute atomic E-state index is 13.1. The molecule has 0 aromatic heterocycles. The number of nitrogens with two attached hydrogens (primary N) is 1. The second kappa shape index (κ2) is 14.2. The Bertz CT molecular complexity index is 1140. The standard InChI is InChI=1S/C25H30N4O9/c26-18(11-14-1-5-16(30)6-2-14)23(36)28-19(9-10-21(32)33)25(38)29-20(24(37)27-13-22(34)35)12-15-3-7-17(31)8-4-15/h1-8,18-20,30-31H,9-13,26H2,(H,27,37)(H,28,36)(H,29,38)(H,32,33)(H,34,35). The summed E-state index contributed by atoms with van der Waals surface area (Å²) in [6.07, 6.45) is -0.793. The average Bonchev–Trinajstić information content (AvgIpc) is 2.86. The number of carbonyl (C=O) groups excluding carboxylic acids is 3. The van der Waals surface area contributed by atoms with Gasteiger partial charge in [-0.2, -0.15) is 0 Å². The number of aromatic hydroxyl groups is 2. The van der Waals surface area contributed by atoms with Gasteiger partial charge in [-0.15, -0.1) is 0 Å². The molecule has 0 saturated heterocycles. The third-order valence-corrected chi connectivity index (χ3v) is 5.43. The molecule has 0 aliphatic rings. The van der Waals surface area contributed by atoms with Gasteiger partial charge in [0.15, 0.2) is 0 Å². The average molecular weight is 531 g/mol. The summed E-state index contributed by atoms with van der Waals surface area (Å²) in [5, 5.41) is 43.9. The van der Waals surface area contributed by atoms with E-state index in [2.05, 4.69) is 16.0 Å². The molecule has 0 bridgehead atoms. The van der Waals surface area contributed by atoms with Crippen LogP contribution in [-0.2, 0) is 36.8 Å². The number of phenols is 2. The zero-order valence-electron chi connectivity index (χ0n) is 20.3. The number of benzene rings is 2. The smallest absolute Gasteiger partial charge is 0.322 e. The molecule has 13 nitrogen and oxygen atoms in total. The molecular formula is C25H30N4O9. The number of carbonyl (C=O) groups is 5. The molecule has 2 aromatic carbocycles. The lowest BCUT2D eigenvalue weighted by Gasteiger charge is -2.24. The second-order valence-corrected chi connectivity index (χ2v) is 8.51. The molecule has 3 amide bonds. The van der Waals surface area contributed by atoms with Crippen LogP contribution in [0.15, 0.2) is 48.5 Å². The largest absolute Gasteiger partial charge is 0.508 e. The van der Waals surface area contributed by atoms with Gasteiger partial charge in [-0.1, -0.05) is 24.3 Å². The number of aliphatic carboxylic acids is 2. The number of hydrogen-bond acceptors (Lipinski definition) is 8. The molecule has 0 spiro atoms. The number of rotatable bonds is 14. The molecule has 0 fully saturated rings. The molecule has 2 rings (SSSR count). The van der Waals surface area contributed by atoms with E-state index in [0.29, 0.717) is 11.1 Å². The molecule has 3 atom stereocenters. The van der Waals surface area contributed by atoms with E-state index >= 15 is 0 Å². The second-order valence-electron chi connectivity index (χ2n) is 8.51. The molecule has 0 heterocycles. The van der Waals surface area contributed by atoms with Crippen molar-refractivity contribution in [1.82, 2.24) is 16.0 Å². The van der Waals surface area contributed by atoms with Gasteiger partial charge in [-0.25, -0.2) is 0 Å². The molecule has 13 heteroatoms. The van der Waals surface area contributed by atoms with E-state index < -0.39 is 60.8 Å². The van der Waals surface area contributed by atoms with Gasteiger partial charge in [0.1, 0.15) is 30.1 Å². The fraction of sp³-hybridized carbons (Fsp3) is 0.320. The number of phenolic OH excluding ortho intramolecular Hbond substituents is 2. The molecule has 0 aliphatic carbocycles. The maximum Gasteiger partial charge on any atom is 0.322 e. The van der Waals surface area contributed by atoms with Gasteiger partial charge >= 0.3 is 11.9 Å². The first-order valence-corrected chi connectivity index (χ1v) is 11.6. The molecule has 0 radical (unpaired) electrons. The zero-order valence-corrected chi connectivity index (χ0v) is 20.3. The van der Waals surface area contributed by atoms with Crippen LogP contribution in [0, 0.1) is 0 Å². The SMILES string of the molecule is NC(Cc1ccc(O)cc1)C(=O)NC(CCC(=O)O)C(=O)NC(Cc1ccc(O)cc1)C(=O)NCC(=O)O. The van der Waals surface area contributed by atoms with Crippen LogP contribution >= 0.6 is 0 Å². The molecule has 9 N–H and O–H groups in total. The lowest BCUT2D eigenvalue weighted by atomic mass is 10.0. The van der Waals surface area contributed by atoms with Crippen molar-refractivity contribution < 1.29 is 44.4 Å². The number of carboxylic acids is 2. The first-order chi connectivity index (χ1) is 17.9. The van der Waals surface area contributed by atoms with Gasteiger partial charge in [-0.05, 0) is 48.2 Å². The Hall–Kier alpha value is -4.65. The van der Waals surface area contributed by atoms with E-state index in [9.17, 15) is 34.2 Å². The van der Waals surface area contributed by atoms with Gasteiger partial charge in [0, 0.05) is 12.8 Å². The Balaban J connectivity index is 2.16. The highest BCUT2D eigenvalue weighted by atomic mass is 16.4. The summed E-state index contributed by atoms with van der Waals surface area (Å²) in [5.41, 5.74) is 7.13. The molecule has 0 aliphatic heterocycles. The van der Waals surface area contributed by atoms with Crippen molar-refractivity contribution in [3.8, 4) is 11.5 Å². The van der Waals surface area contributed by atoms with Crippen LogP contribution in [0.3, 0.4) is 0 Å². The third-order valence-electron chi connectivity index (χ3n) is 5.43. The summed E-state index contributed by atoms with van der Waals surface area (Å²) in [5.74, 6) is -4.94. The predicted octanol–water partition coefficient (Wildman–Crippen LogP) is -0.754. The molecule has 204 valence electrons. The van der Waals surface area contributed by atoms with E-state index in [4.69, 9.17) is 15.9 Å². The van der Waals surface area contributed by atoms with Gasteiger partial charge in [0.2, 0.25) is 17.7 Å². The van der Waals surface area contributed by atoms with Crippen molar-refractivity contribution in [2.24, 2.45) is 5.73 Å². The topological polar surface area (TPSA) is 228 Å². The fourth-order valence-electron chi connectivity index (χ4n) is 3.43. The third kappa shape index (κ3) is 10.1. The summed E-state index contributed by atoms with van der Waals surface area (Å²) in [4.78, 5) is 60.4. The van der Waals surface area contributed by atoms with E-state index in [-0.39, 0.29) is 30.8 Å². The van der Waals surface area contributed by atoms with E-state index in [1.807, 2.05) is 0 Å². The van der Waals surface area contributed by atoms with Crippen LogP contribution in [0.2, 0.25) is 0 Å². The highest BCUT2D eigenvalue weighted by Gasteiger charge is 2.29. The van der Waals surface area contributed by atoms with Crippen molar-refractivity contribution in [2.45, 2.75) is 43.8 Å². The number of hydrogen-bond donors (Lipinski definition) is 8. The lowest BCUT2D eigenvalue weighted by Crippen LogP contribution is -2.56. The minimum atomic E-state index is -1.36. The summed E-state index contributed by atoms with van der Waals surface area (Å²) in [7, 11) is 0. The Labute approximate surface area is 217 Å². The molecule has 2 aromatic rings. The van der Waals surface area contributed by atoms with Gasteiger partial charge in [0.05, 0.1) is 6.04 Å². The molecule has 0 saturated carbocycles. The first-order valence-electron chi connectivity index (χ1n) is 11.6. The summed E-state index contributed by atoms with van der Waals surface area (Å²) in [6, 6.07) is 7.99. The van der Waals surface area contributed by atoms with Crippen molar-refractivity contribution in [3.05, 3.63) is 59.7 Å². The Morgan fingerprint density at radius 2 is 1.18 bits per heavy atom. The maximum atomic E-state index is 13.1. The Morgan fingerprint density at radius 3 is 1.68 bits per heavy atom. The van der Waals surface area contributed by atoms with E-state index in [1.165, 1.54) is 36.4 Å². The van der Waals surface area contributed by atoms with Gasteiger partial charge < -0.3 is 42.1 Å². The fourth-order valence-corrected chi connectivity index (χ4v) is 3.43. The highest BCUT2D eigenvalue weighted by Crippen LogP contribution is 2.13. The molecular weight excluding hydrogens is 500 g/mol. The highest BCUT2D eigenvalue weighted by molar-refractivity contribution is 5.94. The van der Waals surface area contributed by atoms with E-state index in [0.717, 1.165) is 0 Å². The van der Waals surface area contributed by atoms with Crippen molar-refractivity contribution in [2.75, 3.05) is 6.54 Å². The van der Waals surface area contributed by atoms with Gasteiger partial charge in [0.25, 0.3) is 0 Å². The molecule has 3 unspecified atom stereocenters. The predicted molar refractivity (Wildman–Crippen MR) is 133 cm³/mol.